The Morgan fingerprint density at radius 2 is 2.12 bits per heavy atom. The number of carbonyl (C=O) groups is 1. The Hall–Kier alpha value is -2.80. The fraction of sp³-hybridized carbons (Fsp3) is 0.294. The second kappa shape index (κ2) is 7.65. The fourth-order valence-electron chi connectivity index (χ4n) is 2.28. The molecular formula is C17H19N3O4. The minimum atomic E-state index is -0.212. The van der Waals surface area contributed by atoms with Gasteiger partial charge in [-0.1, -0.05) is 0 Å². The van der Waals surface area contributed by atoms with Crippen LogP contribution in [0.1, 0.15) is 16.8 Å². The molecule has 2 heterocycles. The number of rotatable bonds is 7. The van der Waals surface area contributed by atoms with Crippen LogP contribution in [0.4, 0.5) is 11.5 Å². The highest BCUT2D eigenvalue weighted by Crippen LogP contribution is 2.34. The van der Waals surface area contributed by atoms with Crippen LogP contribution >= 0.6 is 0 Å². The molecule has 3 rings (SSSR count). The fourth-order valence-corrected chi connectivity index (χ4v) is 2.28. The van der Waals surface area contributed by atoms with Crippen molar-refractivity contribution >= 4 is 17.4 Å². The topological polar surface area (TPSA) is 81.7 Å². The number of nitrogens with one attached hydrogen (secondary N) is 2. The minimum Gasteiger partial charge on any atom is -0.454 e. The minimum absolute atomic E-state index is 0.204. The van der Waals surface area contributed by atoms with E-state index in [4.69, 9.17) is 14.2 Å². The molecule has 0 atom stereocenters. The summed E-state index contributed by atoms with van der Waals surface area (Å²) in [6.45, 7) is 1.61. The van der Waals surface area contributed by atoms with Crippen molar-refractivity contribution in [3.05, 3.63) is 42.1 Å². The molecule has 0 saturated carbocycles. The summed E-state index contributed by atoms with van der Waals surface area (Å²) in [5.74, 6) is 1.75. The molecule has 1 amide bonds. The Morgan fingerprint density at radius 3 is 3.00 bits per heavy atom. The van der Waals surface area contributed by atoms with Crippen molar-refractivity contribution in [2.75, 3.05) is 37.7 Å². The molecule has 0 unspecified atom stereocenters. The first-order chi connectivity index (χ1) is 11.8. The number of pyridine rings is 1. The highest BCUT2D eigenvalue weighted by Gasteiger charge is 2.14. The molecule has 126 valence electrons. The van der Waals surface area contributed by atoms with Gasteiger partial charge >= 0.3 is 0 Å². The van der Waals surface area contributed by atoms with Gasteiger partial charge in [0, 0.05) is 43.8 Å². The van der Waals surface area contributed by atoms with Crippen LogP contribution in [-0.2, 0) is 4.74 Å². The van der Waals surface area contributed by atoms with Crippen LogP contribution in [-0.4, -0.2) is 37.9 Å². The average molecular weight is 329 g/mol. The zero-order valence-corrected chi connectivity index (χ0v) is 13.4. The van der Waals surface area contributed by atoms with Crippen molar-refractivity contribution in [2.45, 2.75) is 6.42 Å². The van der Waals surface area contributed by atoms with Crippen LogP contribution in [0.15, 0.2) is 36.5 Å². The van der Waals surface area contributed by atoms with Gasteiger partial charge in [-0.3, -0.25) is 4.79 Å². The van der Waals surface area contributed by atoms with Crippen LogP contribution in [0.25, 0.3) is 0 Å². The number of methoxy groups -OCH3 is 1. The molecule has 0 spiro atoms. The number of amides is 1. The van der Waals surface area contributed by atoms with E-state index < -0.39 is 0 Å². The lowest BCUT2D eigenvalue weighted by Gasteiger charge is -2.08. The Balaban J connectivity index is 1.62. The Labute approximate surface area is 139 Å². The smallest absolute Gasteiger partial charge is 0.255 e. The Morgan fingerprint density at radius 1 is 1.25 bits per heavy atom. The van der Waals surface area contributed by atoms with Crippen molar-refractivity contribution in [3.8, 4) is 11.5 Å². The molecule has 2 aromatic rings. The predicted molar refractivity (Wildman–Crippen MR) is 89.7 cm³/mol. The number of ether oxygens (including phenoxy) is 3. The maximum absolute atomic E-state index is 12.4. The van der Waals surface area contributed by atoms with E-state index in [0.717, 1.165) is 13.0 Å². The molecule has 0 fully saturated rings. The van der Waals surface area contributed by atoms with Crippen LogP contribution < -0.4 is 20.1 Å². The summed E-state index contributed by atoms with van der Waals surface area (Å²) in [5, 5.41) is 6.01. The quantitative estimate of drug-likeness (QED) is 0.760. The summed E-state index contributed by atoms with van der Waals surface area (Å²) in [7, 11) is 1.67. The maximum atomic E-state index is 12.4. The molecule has 7 heteroatoms. The van der Waals surface area contributed by atoms with E-state index in [1.807, 2.05) is 0 Å². The molecule has 0 aliphatic carbocycles. The van der Waals surface area contributed by atoms with Crippen LogP contribution in [0.3, 0.4) is 0 Å². The van der Waals surface area contributed by atoms with Crippen molar-refractivity contribution in [2.24, 2.45) is 0 Å². The van der Waals surface area contributed by atoms with Gasteiger partial charge in [-0.15, -0.1) is 0 Å². The zero-order valence-electron chi connectivity index (χ0n) is 13.4. The van der Waals surface area contributed by atoms with Gasteiger partial charge in [-0.2, -0.15) is 0 Å². The second-order valence-corrected chi connectivity index (χ2v) is 5.23. The predicted octanol–water partition coefficient (Wildman–Crippen LogP) is 2.51. The molecule has 2 N–H and O–H groups in total. The van der Waals surface area contributed by atoms with E-state index in [9.17, 15) is 4.79 Å². The molecule has 24 heavy (non-hydrogen) atoms. The lowest BCUT2D eigenvalue weighted by atomic mass is 10.2. The van der Waals surface area contributed by atoms with Crippen LogP contribution in [0.5, 0.6) is 11.5 Å². The van der Waals surface area contributed by atoms with Crippen molar-refractivity contribution in [1.29, 1.82) is 0 Å². The van der Waals surface area contributed by atoms with Crippen molar-refractivity contribution < 1.29 is 19.0 Å². The van der Waals surface area contributed by atoms with E-state index in [-0.39, 0.29) is 12.7 Å². The summed E-state index contributed by atoms with van der Waals surface area (Å²) < 4.78 is 15.6. The van der Waals surface area contributed by atoms with E-state index >= 15 is 0 Å². The van der Waals surface area contributed by atoms with Crippen molar-refractivity contribution in [1.82, 2.24) is 4.98 Å². The van der Waals surface area contributed by atoms with Gasteiger partial charge in [0.25, 0.3) is 5.91 Å². The van der Waals surface area contributed by atoms with Gasteiger partial charge < -0.3 is 24.8 Å². The number of benzene rings is 1. The van der Waals surface area contributed by atoms with Gasteiger partial charge in [0.05, 0.1) is 0 Å². The summed E-state index contributed by atoms with van der Waals surface area (Å²) in [6.07, 6.45) is 2.47. The highest BCUT2D eigenvalue weighted by atomic mass is 16.7. The van der Waals surface area contributed by atoms with Gasteiger partial charge in [0.15, 0.2) is 11.5 Å². The lowest BCUT2D eigenvalue weighted by molar-refractivity contribution is 0.102. The number of hydrogen-bond acceptors (Lipinski definition) is 6. The zero-order chi connectivity index (χ0) is 16.8. The Kier molecular flexibility index (Phi) is 5.12. The van der Waals surface area contributed by atoms with Gasteiger partial charge in [0.1, 0.15) is 5.82 Å². The van der Waals surface area contributed by atoms with E-state index in [1.54, 1.807) is 43.6 Å². The number of carbonyl (C=O) groups excluding carboxylic acids is 1. The maximum Gasteiger partial charge on any atom is 0.255 e. The largest absolute Gasteiger partial charge is 0.454 e. The molecule has 1 aromatic heterocycles. The highest BCUT2D eigenvalue weighted by molar-refractivity contribution is 6.04. The standard InChI is InChI=1S/C17H19N3O4/c1-22-8-2-6-18-16-9-12(5-7-19-16)17(21)20-13-3-4-14-15(10-13)24-11-23-14/h3-5,7,9-10H,2,6,8,11H2,1H3,(H,18,19)(H,20,21). The number of hydrogen-bond donors (Lipinski definition) is 2. The Bertz CT molecular complexity index is 721. The first kappa shape index (κ1) is 16.1. The summed E-state index contributed by atoms with van der Waals surface area (Å²) >= 11 is 0. The summed E-state index contributed by atoms with van der Waals surface area (Å²) in [4.78, 5) is 16.6. The third-order valence-electron chi connectivity index (χ3n) is 3.48. The number of aromatic nitrogens is 1. The first-order valence-corrected chi connectivity index (χ1v) is 7.66. The van der Waals surface area contributed by atoms with Crippen molar-refractivity contribution in [3.63, 3.8) is 0 Å². The van der Waals surface area contributed by atoms with E-state index in [0.29, 0.717) is 35.2 Å². The third kappa shape index (κ3) is 3.94. The monoisotopic (exact) mass is 329 g/mol. The second-order valence-electron chi connectivity index (χ2n) is 5.23. The molecule has 0 saturated heterocycles. The molecule has 1 aliphatic heterocycles. The molecule has 0 bridgehead atoms. The molecule has 7 nitrogen and oxygen atoms in total. The summed E-state index contributed by atoms with van der Waals surface area (Å²) in [6, 6.07) is 8.67. The number of anilines is 2. The van der Waals surface area contributed by atoms with Gasteiger partial charge in [-0.25, -0.2) is 4.98 Å². The molecule has 1 aromatic carbocycles. The van der Waals surface area contributed by atoms with Gasteiger partial charge in [-0.05, 0) is 30.7 Å². The number of fused-ring (bicyclic) bond motifs is 1. The SMILES string of the molecule is COCCCNc1cc(C(=O)Nc2ccc3c(c2)OCO3)ccn1. The molecule has 0 radical (unpaired) electrons. The molecule has 1 aliphatic rings. The van der Waals surface area contributed by atoms with E-state index in [1.165, 1.54) is 0 Å². The van der Waals surface area contributed by atoms with E-state index in [2.05, 4.69) is 15.6 Å². The normalized spacial score (nSPS) is 12.0. The lowest BCUT2D eigenvalue weighted by Crippen LogP contribution is -2.13. The van der Waals surface area contributed by atoms with Gasteiger partial charge in [0.2, 0.25) is 6.79 Å². The summed E-state index contributed by atoms with van der Waals surface area (Å²) in [5.41, 5.74) is 1.17. The van der Waals surface area contributed by atoms with Crippen LogP contribution in [0, 0.1) is 0 Å². The third-order valence-corrected chi connectivity index (χ3v) is 3.48. The first-order valence-electron chi connectivity index (χ1n) is 7.66. The molecular weight excluding hydrogens is 310 g/mol. The average Bonchev–Trinajstić information content (AvgIpc) is 3.07. The van der Waals surface area contributed by atoms with Crippen LogP contribution in [0.2, 0.25) is 0 Å². The number of nitrogens with zero attached hydrogens (tertiary/aromatic N) is 1.